The predicted molar refractivity (Wildman–Crippen MR) is 90.6 cm³/mol. The molecule has 0 atom stereocenters. The Bertz CT molecular complexity index is 641. The monoisotopic (exact) mass is 363 g/mol. The molecule has 0 bridgehead atoms. The lowest BCUT2D eigenvalue weighted by atomic mass is 10.1. The summed E-state index contributed by atoms with van der Waals surface area (Å²) >= 11 is 3.46. The van der Waals surface area contributed by atoms with Crippen LogP contribution in [0.1, 0.15) is 12.5 Å². The van der Waals surface area contributed by atoms with E-state index in [0.29, 0.717) is 5.75 Å². The van der Waals surface area contributed by atoms with E-state index in [1.807, 2.05) is 18.2 Å². The van der Waals surface area contributed by atoms with Crippen molar-refractivity contribution in [3.63, 3.8) is 0 Å². The van der Waals surface area contributed by atoms with E-state index in [9.17, 15) is 4.79 Å². The van der Waals surface area contributed by atoms with Crippen molar-refractivity contribution in [3.8, 4) is 11.5 Å². The number of nitrogens with one attached hydrogen (secondary N) is 1. The second-order valence-corrected chi connectivity index (χ2v) is 5.53. The Morgan fingerprint density at radius 3 is 2.41 bits per heavy atom. The number of halogens is 1. The highest BCUT2D eigenvalue weighted by molar-refractivity contribution is 9.10. The van der Waals surface area contributed by atoms with E-state index in [-0.39, 0.29) is 12.5 Å². The second kappa shape index (κ2) is 7.84. The molecule has 0 heterocycles. The van der Waals surface area contributed by atoms with E-state index in [0.717, 1.165) is 22.3 Å². The number of carbonyl (C=O) groups excluding carboxylic acids is 1. The predicted octanol–water partition coefficient (Wildman–Crippen LogP) is 4.04. The molecule has 0 aliphatic carbocycles. The molecule has 1 amide bonds. The van der Waals surface area contributed by atoms with Gasteiger partial charge in [-0.3, -0.25) is 4.79 Å². The summed E-state index contributed by atoms with van der Waals surface area (Å²) in [5.41, 5.74) is 1.94. The van der Waals surface area contributed by atoms with Gasteiger partial charge in [0.25, 0.3) is 5.91 Å². The van der Waals surface area contributed by atoms with Gasteiger partial charge in [0.1, 0.15) is 11.5 Å². The number of hydrogen-bond donors (Lipinski definition) is 1. The van der Waals surface area contributed by atoms with Crippen molar-refractivity contribution in [2.24, 2.45) is 0 Å². The minimum atomic E-state index is -0.208. The number of benzene rings is 2. The number of aryl methyl sites for hydroxylation is 1. The number of anilines is 1. The third-order valence-electron chi connectivity index (χ3n) is 3.15. The Morgan fingerprint density at radius 1 is 1.14 bits per heavy atom. The first-order valence-electron chi connectivity index (χ1n) is 6.97. The van der Waals surface area contributed by atoms with Crippen molar-refractivity contribution in [2.75, 3.05) is 19.0 Å². The molecule has 0 fully saturated rings. The van der Waals surface area contributed by atoms with Crippen LogP contribution in [-0.2, 0) is 11.2 Å². The van der Waals surface area contributed by atoms with Crippen molar-refractivity contribution >= 4 is 27.5 Å². The summed E-state index contributed by atoms with van der Waals surface area (Å²) in [5.74, 6) is 1.16. The lowest BCUT2D eigenvalue weighted by Gasteiger charge is -2.10. The average molecular weight is 364 g/mol. The second-order valence-electron chi connectivity index (χ2n) is 4.68. The van der Waals surface area contributed by atoms with E-state index >= 15 is 0 Å². The molecule has 0 aromatic heterocycles. The van der Waals surface area contributed by atoms with Crippen LogP contribution < -0.4 is 14.8 Å². The molecule has 0 aliphatic rings. The van der Waals surface area contributed by atoms with Crippen LogP contribution in [0.25, 0.3) is 0 Å². The summed E-state index contributed by atoms with van der Waals surface area (Å²) in [6.45, 7) is 2.04. The summed E-state index contributed by atoms with van der Waals surface area (Å²) in [5, 5.41) is 2.82. The molecule has 1 N–H and O–H groups in total. The fourth-order valence-corrected chi connectivity index (χ4v) is 2.41. The van der Waals surface area contributed by atoms with Crippen molar-refractivity contribution in [2.45, 2.75) is 13.3 Å². The highest BCUT2D eigenvalue weighted by Gasteiger charge is 2.07. The first-order valence-corrected chi connectivity index (χ1v) is 7.76. The average Bonchev–Trinajstić information content (AvgIpc) is 2.55. The zero-order chi connectivity index (χ0) is 15.9. The van der Waals surface area contributed by atoms with Gasteiger partial charge < -0.3 is 14.8 Å². The van der Waals surface area contributed by atoms with Crippen molar-refractivity contribution in [1.29, 1.82) is 0 Å². The molecule has 2 aromatic carbocycles. The molecule has 22 heavy (non-hydrogen) atoms. The van der Waals surface area contributed by atoms with Crippen LogP contribution in [0.4, 0.5) is 5.69 Å². The van der Waals surface area contributed by atoms with Crippen LogP contribution in [0, 0.1) is 0 Å². The Morgan fingerprint density at radius 2 is 1.82 bits per heavy atom. The summed E-state index contributed by atoms with van der Waals surface area (Å²) in [7, 11) is 1.60. The van der Waals surface area contributed by atoms with Gasteiger partial charge in [0.15, 0.2) is 6.61 Å². The molecule has 0 saturated heterocycles. The number of rotatable bonds is 6. The highest BCUT2D eigenvalue weighted by atomic mass is 79.9. The molecule has 2 aromatic rings. The van der Waals surface area contributed by atoms with Gasteiger partial charge in [-0.15, -0.1) is 0 Å². The van der Waals surface area contributed by atoms with Gasteiger partial charge in [0, 0.05) is 4.47 Å². The van der Waals surface area contributed by atoms with Gasteiger partial charge in [-0.1, -0.05) is 13.0 Å². The van der Waals surface area contributed by atoms with E-state index < -0.39 is 0 Å². The molecule has 0 spiro atoms. The largest absolute Gasteiger partial charge is 0.497 e. The molecule has 2 rings (SSSR count). The first-order chi connectivity index (χ1) is 10.6. The minimum Gasteiger partial charge on any atom is -0.497 e. The standard InChI is InChI=1S/C17H18BrNO3/c1-3-12-4-9-16(15(18)10-12)19-17(20)11-22-14-7-5-13(21-2)6-8-14/h4-10H,3,11H2,1-2H3,(H,19,20). The third-order valence-corrected chi connectivity index (χ3v) is 3.80. The maximum absolute atomic E-state index is 11.9. The van der Waals surface area contributed by atoms with Crippen molar-refractivity contribution < 1.29 is 14.3 Å². The van der Waals surface area contributed by atoms with E-state index in [2.05, 4.69) is 28.2 Å². The molecule has 0 aliphatic heterocycles. The molecule has 4 nitrogen and oxygen atoms in total. The number of hydrogen-bond acceptors (Lipinski definition) is 3. The van der Waals surface area contributed by atoms with Gasteiger partial charge in [-0.05, 0) is 64.3 Å². The van der Waals surface area contributed by atoms with Crippen LogP contribution in [0.15, 0.2) is 46.9 Å². The summed E-state index contributed by atoms with van der Waals surface area (Å²) in [4.78, 5) is 11.9. The Kier molecular flexibility index (Phi) is 5.83. The highest BCUT2D eigenvalue weighted by Crippen LogP contribution is 2.24. The molecular weight excluding hydrogens is 346 g/mol. The molecule has 5 heteroatoms. The minimum absolute atomic E-state index is 0.0473. The molecular formula is C17H18BrNO3. The molecule has 0 unspecified atom stereocenters. The smallest absolute Gasteiger partial charge is 0.262 e. The van der Waals surface area contributed by atoms with Gasteiger partial charge >= 0.3 is 0 Å². The topological polar surface area (TPSA) is 47.6 Å². The zero-order valence-corrected chi connectivity index (χ0v) is 14.1. The third kappa shape index (κ3) is 4.49. The zero-order valence-electron chi connectivity index (χ0n) is 12.6. The van der Waals surface area contributed by atoms with Gasteiger partial charge in [-0.25, -0.2) is 0 Å². The molecule has 116 valence electrons. The Hall–Kier alpha value is -2.01. The van der Waals surface area contributed by atoms with Gasteiger partial charge in [0.05, 0.1) is 12.8 Å². The van der Waals surface area contributed by atoms with Crippen molar-refractivity contribution in [3.05, 3.63) is 52.5 Å². The number of amides is 1. The lowest BCUT2D eigenvalue weighted by Crippen LogP contribution is -2.20. The Labute approximate surface area is 138 Å². The normalized spacial score (nSPS) is 10.1. The fourth-order valence-electron chi connectivity index (χ4n) is 1.89. The van der Waals surface area contributed by atoms with Gasteiger partial charge in [0.2, 0.25) is 0 Å². The van der Waals surface area contributed by atoms with Crippen LogP contribution >= 0.6 is 15.9 Å². The number of methoxy groups -OCH3 is 1. The van der Waals surface area contributed by atoms with Crippen molar-refractivity contribution in [1.82, 2.24) is 0 Å². The lowest BCUT2D eigenvalue weighted by molar-refractivity contribution is -0.118. The SMILES string of the molecule is CCc1ccc(NC(=O)COc2ccc(OC)cc2)c(Br)c1. The van der Waals surface area contributed by atoms with Gasteiger partial charge in [-0.2, -0.15) is 0 Å². The first kappa shape index (κ1) is 16.4. The quantitative estimate of drug-likeness (QED) is 0.842. The van der Waals surface area contributed by atoms with E-state index in [1.54, 1.807) is 31.4 Å². The summed E-state index contributed by atoms with van der Waals surface area (Å²) < 4.78 is 11.4. The van der Waals surface area contributed by atoms with E-state index in [1.165, 1.54) is 5.56 Å². The maximum atomic E-state index is 11.9. The number of carbonyl (C=O) groups is 1. The van der Waals surface area contributed by atoms with Crippen LogP contribution in [0.5, 0.6) is 11.5 Å². The Balaban J connectivity index is 1.89. The van der Waals surface area contributed by atoms with Crippen LogP contribution in [-0.4, -0.2) is 19.6 Å². The summed E-state index contributed by atoms with van der Waals surface area (Å²) in [6, 6.07) is 13.0. The molecule has 0 radical (unpaired) electrons. The summed E-state index contributed by atoms with van der Waals surface area (Å²) in [6.07, 6.45) is 0.952. The number of ether oxygens (including phenoxy) is 2. The fraction of sp³-hybridized carbons (Fsp3) is 0.235. The van der Waals surface area contributed by atoms with Crippen LogP contribution in [0.3, 0.4) is 0 Å². The van der Waals surface area contributed by atoms with E-state index in [4.69, 9.17) is 9.47 Å². The molecule has 0 saturated carbocycles. The van der Waals surface area contributed by atoms with Crippen LogP contribution in [0.2, 0.25) is 0 Å². The maximum Gasteiger partial charge on any atom is 0.262 e.